The lowest BCUT2D eigenvalue weighted by Crippen LogP contribution is -2.49. The number of amides is 2. The van der Waals surface area contributed by atoms with Crippen molar-refractivity contribution in [2.45, 2.75) is 57.1 Å². The van der Waals surface area contributed by atoms with E-state index in [-0.39, 0.29) is 41.2 Å². The monoisotopic (exact) mass is 754 g/mol. The van der Waals surface area contributed by atoms with Gasteiger partial charge in [-0.25, -0.2) is 26.6 Å². The molecular weight excluding hydrogens is 709 g/mol. The van der Waals surface area contributed by atoms with E-state index in [1.54, 1.807) is 41.3 Å². The molecule has 0 saturated carbocycles. The normalized spacial score (nSPS) is 18.3. The van der Waals surface area contributed by atoms with Crippen molar-refractivity contribution < 1.29 is 31.2 Å². The first-order valence-electron chi connectivity index (χ1n) is 17.2. The Morgan fingerprint density at radius 3 is 2.33 bits per heavy atom. The molecule has 3 aromatic rings. The van der Waals surface area contributed by atoms with Crippen LogP contribution in [0.3, 0.4) is 0 Å². The summed E-state index contributed by atoms with van der Waals surface area (Å²) >= 11 is 0. The molecule has 280 valence electrons. The maximum absolute atomic E-state index is 13.8. The van der Waals surface area contributed by atoms with Gasteiger partial charge in [-0.3, -0.25) is 9.10 Å². The quantitative estimate of drug-likeness (QED) is 0.360. The van der Waals surface area contributed by atoms with Gasteiger partial charge in [-0.05, 0) is 76.4 Å². The van der Waals surface area contributed by atoms with Gasteiger partial charge >= 0.3 is 6.09 Å². The number of fused-ring (bicyclic) bond motifs is 1. The molecule has 0 radical (unpaired) electrons. The highest BCUT2D eigenvalue weighted by Gasteiger charge is 2.34. The van der Waals surface area contributed by atoms with E-state index in [1.807, 2.05) is 38.7 Å². The van der Waals surface area contributed by atoms with Gasteiger partial charge in [0.15, 0.2) is 0 Å². The summed E-state index contributed by atoms with van der Waals surface area (Å²) in [5, 5.41) is 2.94. The maximum atomic E-state index is 13.8. The van der Waals surface area contributed by atoms with Crippen LogP contribution in [-0.2, 0) is 31.2 Å². The van der Waals surface area contributed by atoms with Gasteiger partial charge in [0.2, 0.25) is 26.0 Å². The fourth-order valence-corrected chi connectivity index (χ4v) is 8.67. The van der Waals surface area contributed by atoms with Crippen LogP contribution in [0.5, 0.6) is 0 Å². The zero-order valence-corrected chi connectivity index (χ0v) is 32.0. The fraction of sp³-hybridized carbons (Fsp3) is 0.486. The van der Waals surface area contributed by atoms with Crippen molar-refractivity contribution in [2.24, 2.45) is 0 Å². The Morgan fingerprint density at radius 1 is 0.923 bits per heavy atom. The van der Waals surface area contributed by atoms with E-state index in [0.29, 0.717) is 50.8 Å². The lowest BCUT2D eigenvalue weighted by atomic mass is 10.1. The summed E-state index contributed by atoms with van der Waals surface area (Å²) in [6.45, 7) is 10.3. The minimum absolute atomic E-state index is 0.0734. The minimum Gasteiger partial charge on any atom is -0.444 e. The number of benzene rings is 2. The number of carbonyl (C=O) groups is 2. The molecule has 0 aliphatic carbocycles. The van der Waals surface area contributed by atoms with E-state index in [4.69, 9.17) is 9.72 Å². The van der Waals surface area contributed by atoms with Crippen LogP contribution in [-0.4, -0.2) is 114 Å². The lowest BCUT2D eigenvalue weighted by molar-refractivity contribution is 0.0508. The number of ether oxygens (including phenoxy) is 1. The molecule has 0 bridgehead atoms. The van der Waals surface area contributed by atoms with Gasteiger partial charge in [0, 0.05) is 70.3 Å². The Morgan fingerprint density at radius 2 is 1.63 bits per heavy atom. The number of nitrogens with zero attached hydrogens (tertiary/aromatic N) is 7. The van der Waals surface area contributed by atoms with Crippen molar-refractivity contribution in [1.29, 1.82) is 0 Å². The average molecular weight is 755 g/mol. The second-order valence-electron chi connectivity index (χ2n) is 14.4. The van der Waals surface area contributed by atoms with Crippen LogP contribution < -0.4 is 24.3 Å². The first-order valence-corrected chi connectivity index (χ1v) is 20.5. The molecular formula is C35H46N8O7S2. The number of aryl methyl sites for hydroxylation is 1. The Hall–Kier alpha value is -4.48. The molecule has 2 amide bonds. The number of hydrogen-bond donors (Lipinski definition) is 1. The van der Waals surface area contributed by atoms with Crippen LogP contribution in [0.25, 0.3) is 0 Å². The van der Waals surface area contributed by atoms with Gasteiger partial charge < -0.3 is 24.8 Å². The van der Waals surface area contributed by atoms with E-state index in [9.17, 15) is 26.4 Å². The number of hydrogen-bond acceptors (Lipinski definition) is 11. The van der Waals surface area contributed by atoms with Crippen molar-refractivity contribution in [3.63, 3.8) is 0 Å². The highest BCUT2D eigenvalue weighted by atomic mass is 32.2. The summed E-state index contributed by atoms with van der Waals surface area (Å²) in [5.41, 5.74) is 2.05. The zero-order valence-electron chi connectivity index (χ0n) is 30.4. The van der Waals surface area contributed by atoms with Crippen LogP contribution >= 0.6 is 0 Å². The number of nitrogens with one attached hydrogen (secondary N) is 1. The molecule has 52 heavy (non-hydrogen) atoms. The molecule has 15 nitrogen and oxygen atoms in total. The molecule has 2 aromatic carbocycles. The van der Waals surface area contributed by atoms with E-state index in [1.165, 1.54) is 17.4 Å². The predicted molar refractivity (Wildman–Crippen MR) is 199 cm³/mol. The maximum Gasteiger partial charge on any atom is 0.407 e. The van der Waals surface area contributed by atoms with Gasteiger partial charge in [-0.1, -0.05) is 12.1 Å². The summed E-state index contributed by atoms with van der Waals surface area (Å²) in [6, 6.07) is 13.2. The van der Waals surface area contributed by atoms with Crippen molar-refractivity contribution >= 4 is 55.2 Å². The number of carbonyl (C=O) groups excluding carboxylic acids is 2. The largest absolute Gasteiger partial charge is 0.444 e. The molecule has 0 unspecified atom stereocenters. The van der Waals surface area contributed by atoms with E-state index in [2.05, 4.69) is 15.2 Å². The second kappa shape index (κ2) is 14.2. The number of sulfonamides is 2. The van der Waals surface area contributed by atoms with E-state index in [0.717, 1.165) is 34.1 Å². The van der Waals surface area contributed by atoms with E-state index >= 15 is 0 Å². The Kier molecular flexibility index (Phi) is 10.1. The third kappa shape index (κ3) is 7.95. The molecule has 3 aliphatic rings. The first kappa shape index (κ1) is 37.3. The summed E-state index contributed by atoms with van der Waals surface area (Å²) in [7, 11) is -6.03. The molecule has 2 fully saturated rings. The van der Waals surface area contributed by atoms with Crippen LogP contribution in [0, 0.1) is 6.92 Å². The SMILES string of the molecule is Cc1cc(N2CC[C@@H](NC(=O)OC(C)(C)C)C2)nc(N2CCN(S(=O)(=O)c3ccc4c(c3)CCN4C(=O)c3ccccc3N(C)S(C)(=O)=O)CC2)n1. The topological polar surface area (TPSA) is 166 Å². The third-order valence-electron chi connectivity index (χ3n) is 9.38. The molecule has 0 spiro atoms. The Bertz CT molecular complexity index is 2080. The number of rotatable bonds is 8. The van der Waals surface area contributed by atoms with Gasteiger partial charge in [-0.15, -0.1) is 0 Å². The van der Waals surface area contributed by atoms with Crippen LogP contribution in [0.4, 0.5) is 27.9 Å². The van der Waals surface area contributed by atoms with Crippen LogP contribution in [0.15, 0.2) is 53.4 Å². The van der Waals surface area contributed by atoms with Crippen LogP contribution in [0.1, 0.15) is 48.8 Å². The van der Waals surface area contributed by atoms with Crippen molar-refractivity contribution in [3.8, 4) is 0 Å². The molecule has 1 aromatic heterocycles. The molecule has 1 N–H and O–H groups in total. The third-order valence-corrected chi connectivity index (χ3v) is 12.5. The second-order valence-corrected chi connectivity index (χ2v) is 18.3. The standard InChI is InChI=1S/C35H46N8O7S2/c1-24-21-31(41-15-14-26(23-41)37-34(45)50-35(2,3)4)38-33(36-24)40-17-19-42(20-18-40)52(48,49)27-11-12-29-25(22-27)13-16-43(29)32(44)28-9-7-8-10-30(28)39(5)51(6,46)47/h7-12,21-22,26H,13-20,23H2,1-6H3,(H,37,45)/t26-/m1/s1. The fourth-order valence-electron chi connectivity index (χ4n) is 6.68. The molecule has 17 heteroatoms. The number of alkyl carbamates (subject to hydrolysis) is 1. The highest BCUT2D eigenvalue weighted by Crippen LogP contribution is 2.34. The van der Waals surface area contributed by atoms with Crippen LogP contribution in [0.2, 0.25) is 0 Å². The van der Waals surface area contributed by atoms with Gasteiger partial charge in [0.05, 0.1) is 28.4 Å². The zero-order chi connectivity index (χ0) is 37.6. The summed E-state index contributed by atoms with van der Waals surface area (Å²) in [4.78, 5) is 41.3. The summed E-state index contributed by atoms with van der Waals surface area (Å²) < 4.78 is 60.1. The van der Waals surface area contributed by atoms with Crippen molar-refractivity contribution in [3.05, 3.63) is 65.4 Å². The number of piperazine rings is 1. The number of para-hydroxylation sites is 1. The molecule has 6 rings (SSSR count). The lowest BCUT2D eigenvalue weighted by Gasteiger charge is -2.34. The Balaban J connectivity index is 1.10. The molecule has 4 heterocycles. The summed E-state index contributed by atoms with van der Waals surface area (Å²) in [6.07, 6.45) is 1.85. The molecule has 2 saturated heterocycles. The molecule has 3 aliphatic heterocycles. The molecule has 1 atom stereocenters. The van der Waals surface area contributed by atoms with E-state index < -0.39 is 31.7 Å². The minimum atomic E-state index is -3.83. The van der Waals surface area contributed by atoms with Gasteiger partial charge in [0.1, 0.15) is 11.4 Å². The van der Waals surface area contributed by atoms with Gasteiger partial charge in [-0.2, -0.15) is 9.29 Å². The van der Waals surface area contributed by atoms with Gasteiger partial charge in [0.25, 0.3) is 5.91 Å². The Labute approximate surface area is 305 Å². The van der Waals surface area contributed by atoms with Crippen molar-refractivity contribution in [1.82, 2.24) is 19.6 Å². The summed E-state index contributed by atoms with van der Waals surface area (Å²) in [5.74, 6) is 0.921. The number of aromatic nitrogens is 2. The first-order chi connectivity index (χ1) is 24.4. The number of anilines is 4. The average Bonchev–Trinajstić information content (AvgIpc) is 3.73. The predicted octanol–water partition coefficient (Wildman–Crippen LogP) is 3.00. The highest BCUT2D eigenvalue weighted by molar-refractivity contribution is 7.92. The van der Waals surface area contributed by atoms with Crippen molar-refractivity contribution in [2.75, 3.05) is 78.1 Å². The smallest absolute Gasteiger partial charge is 0.407 e.